The van der Waals surface area contributed by atoms with Gasteiger partial charge in [0, 0.05) is 33.7 Å². The van der Waals surface area contributed by atoms with E-state index in [2.05, 4.69) is 10.2 Å². The van der Waals surface area contributed by atoms with E-state index >= 15 is 0 Å². The van der Waals surface area contributed by atoms with Crippen LogP contribution in [-0.4, -0.2) is 76.3 Å². The van der Waals surface area contributed by atoms with Gasteiger partial charge in [-0.15, -0.1) is 10.2 Å². The fourth-order valence-corrected chi connectivity index (χ4v) is 4.55. The standard InChI is InChI=1S/C15H26N6O3S/c1-4-25(23,24)19-9-10-21-13(11-19)16-17-14(21)12-7-5-6-8-20(12)15(22)18(2)3/h12H,4-11H2,1-3H3. The van der Waals surface area contributed by atoms with Crippen LogP contribution >= 0.6 is 0 Å². The normalized spacial score (nSPS) is 21.9. The SMILES string of the molecule is CCS(=O)(=O)N1CCn2c(nnc2C2CCCCN2C(=O)N(C)C)C1. The number of piperidine rings is 1. The Hall–Kier alpha value is -1.68. The lowest BCUT2D eigenvalue weighted by Crippen LogP contribution is -2.45. The first-order chi connectivity index (χ1) is 11.8. The molecule has 9 nitrogen and oxygen atoms in total. The predicted octanol–water partition coefficient (Wildman–Crippen LogP) is 0.652. The van der Waals surface area contributed by atoms with Gasteiger partial charge in [0.1, 0.15) is 5.82 Å². The van der Waals surface area contributed by atoms with E-state index in [1.54, 1.807) is 25.9 Å². The number of amides is 2. The summed E-state index contributed by atoms with van der Waals surface area (Å²) in [6, 6.07) is -0.118. The van der Waals surface area contributed by atoms with Gasteiger partial charge in [-0.1, -0.05) is 0 Å². The van der Waals surface area contributed by atoms with Crippen LogP contribution in [0, 0.1) is 0 Å². The molecule has 1 aromatic rings. The molecule has 0 N–H and O–H groups in total. The zero-order chi connectivity index (χ0) is 18.2. The Bertz CT molecular complexity index is 744. The lowest BCUT2D eigenvalue weighted by molar-refractivity contribution is 0.123. The molecule has 0 spiro atoms. The molecule has 0 radical (unpaired) electrons. The second-order valence-corrected chi connectivity index (χ2v) is 9.00. The van der Waals surface area contributed by atoms with Crippen molar-refractivity contribution in [3.63, 3.8) is 0 Å². The maximum Gasteiger partial charge on any atom is 0.320 e. The molecule has 1 unspecified atom stereocenters. The summed E-state index contributed by atoms with van der Waals surface area (Å²) in [6.07, 6.45) is 2.88. The molecule has 1 saturated heterocycles. The van der Waals surface area contributed by atoms with Crippen LogP contribution in [0.2, 0.25) is 0 Å². The molecule has 1 atom stereocenters. The van der Waals surface area contributed by atoms with Gasteiger partial charge >= 0.3 is 6.03 Å². The fraction of sp³-hybridized carbons (Fsp3) is 0.800. The van der Waals surface area contributed by atoms with Crippen molar-refractivity contribution in [2.24, 2.45) is 0 Å². The molecule has 2 amide bonds. The second-order valence-electron chi connectivity index (χ2n) is 6.74. The Balaban J connectivity index is 1.86. The van der Waals surface area contributed by atoms with E-state index in [1.165, 1.54) is 4.31 Å². The summed E-state index contributed by atoms with van der Waals surface area (Å²) in [4.78, 5) is 15.9. The molecule has 2 aliphatic heterocycles. The summed E-state index contributed by atoms with van der Waals surface area (Å²) >= 11 is 0. The highest BCUT2D eigenvalue weighted by molar-refractivity contribution is 7.89. The summed E-state index contributed by atoms with van der Waals surface area (Å²) in [7, 11) is 0.268. The average molecular weight is 370 g/mol. The van der Waals surface area contributed by atoms with Crippen LogP contribution in [0.15, 0.2) is 0 Å². The molecule has 1 aromatic heterocycles. The third-order valence-electron chi connectivity index (χ3n) is 4.93. The van der Waals surface area contributed by atoms with Gasteiger partial charge in [-0.2, -0.15) is 4.31 Å². The van der Waals surface area contributed by atoms with Crippen molar-refractivity contribution in [2.75, 3.05) is 32.9 Å². The maximum atomic E-state index is 12.5. The van der Waals surface area contributed by atoms with Crippen LogP contribution in [0.25, 0.3) is 0 Å². The Kier molecular flexibility index (Phi) is 5.01. The summed E-state index contributed by atoms with van der Waals surface area (Å²) in [5, 5.41) is 8.56. The van der Waals surface area contributed by atoms with Gasteiger partial charge in [-0.25, -0.2) is 13.2 Å². The van der Waals surface area contributed by atoms with Crippen LogP contribution in [0.4, 0.5) is 4.79 Å². The summed E-state index contributed by atoms with van der Waals surface area (Å²) in [6.45, 7) is 3.55. The van der Waals surface area contributed by atoms with E-state index in [0.29, 0.717) is 25.5 Å². The number of rotatable bonds is 3. The van der Waals surface area contributed by atoms with Crippen molar-refractivity contribution in [1.82, 2.24) is 28.9 Å². The Morgan fingerprint density at radius 1 is 1.20 bits per heavy atom. The van der Waals surface area contributed by atoms with E-state index in [9.17, 15) is 13.2 Å². The lowest BCUT2D eigenvalue weighted by Gasteiger charge is -2.37. The van der Waals surface area contributed by atoms with E-state index in [0.717, 1.165) is 25.1 Å². The number of sulfonamides is 1. The third kappa shape index (κ3) is 3.37. The topological polar surface area (TPSA) is 91.6 Å². The number of aromatic nitrogens is 3. The van der Waals surface area contributed by atoms with Gasteiger partial charge < -0.3 is 14.4 Å². The van der Waals surface area contributed by atoms with Crippen LogP contribution < -0.4 is 0 Å². The largest absolute Gasteiger partial charge is 0.331 e. The molecular weight excluding hydrogens is 344 g/mol. The summed E-state index contributed by atoms with van der Waals surface area (Å²) in [5.74, 6) is 1.52. The number of urea groups is 1. The number of likely N-dealkylation sites (tertiary alicyclic amines) is 1. The summed E-state index contributed by atoms with van der Waals surface area (Å²) < 4.78 is 27.7. The van der Waals surface area contributed by atoms with Gasteiger partial charge in [0.2, 0.25) is 10.0 Å². The minimum atomic E-state index is -3.23. The van der Waals surface area contributed by atoms with E-state index < -0.39 is 10.0 Å². The van der Waals surface area contributed by atoms with Crippen molar-refractivity contribution >= 4 is 16.1 Å². The number of nitrogens with zero attached hydrogens (tertiary/aromatic N) is 6. The molecule has 1 fully saturated rings. The summed E-state index contributed by atoms with van der Waals surface area (Å²) in [5.41, 5.74) is 0. The molecular formula is C15H26N6O3S. The second kappa shape index (κ2) is 6.91. The molecule has 3 rings (SSSR count). The predicted molar refractivity (Wildman–Crippen MR) is 92.3 cm³/mol. The molecule has 10 heteroatoms. The van der Waals surface area contributed by atoms with Crippen molar-refractivity contribution in [3.8, 4) is 0 Å². The first-order valence-electron chi connectivity index (χ1n) is 8.73. The van der Waals surface area contributed by atoms with Crippen LogP contribution in [-0.2, 0) is 23.1 Å². The molecule has 140 valence electrons. The van der Waals surface area contributed by atoms with Crippen molar-refractivity contribution in [3.05, 3.63) is 11.6 Å². The molecule has 3 heterocycles. The molecule has 25 heavy (non-hydrogen) atoms. The number of hydrogen-bond acceptors (Lipinski definition) is 5. The average Bonchev–Trinajstić information content (AvgIpc) is 3.04. The van der Waals surface area contributed by atoms with Gasteiger partial charge in [0.15, 0.2) is 5.82 Å². The van der Waals surface area contributed by atoms with Gasteiger partial charge in [-0.3, -0.25) is 0 Å². The number of fused-ring (bicyclic) bond motifs is 1. The Labute approximate surface area is 148 Å². The van der Waals surface area contributed by atoms with Gasteiger partial charge in [0.05, 0.1) is 18.3 Å². The van der Waals surface area contributed by atoms with Crippen molar-refractivity contribution < 1.29 is 13.2 Å². The Morgan fingerprint density at radius 3 is 2.64 bits per heavy atom. The molecule has 0 saturated carbocycles. The smallest absolute Gasteiger partial charge is 0.320 e. The minimum Gasteiger partial charge on any atom is -0.331 e. The third-order valence-corrected chi connectivity index (χ3v) is 6.76. The molecule has 2 aliphatic rings. The lowest BCUT2D eigenvalue weighted by atomic mass is 10.0. The van der Waals surface area contributed by atoms with Crippen molar-refractivity contribution in [2.45, 2.75) is 45.3 Å². The van der Waals surface area contributed by atoms with Gasteiger partial charge in [-0.05, 0) is 26.2 Å². The van der Waals surface area contributed by atoms with Crippen molar-refractivity contribution in [1.29, 1.82) is 0 Å². The van der Waals surface area contributed by atoms with Gasteiger partial charge in [0.25, 0.3) is 0 Å². The number of hydrogen-bond donors (Lipinski definition) is 0. The van der Waals surface area contributed by atoms with Crippen LogP contribution in [0.1, 0.15) is 43.9 Å². The van der Waals surface area contributed by atoms with Crippen LogP contribution in [0.5, 0.6) is 0 Å². The maximum absolute atomic E-state index is 12.5. The minimum absolute atomic E-state index is 0.0203. The first-order valence-corrected chi connectivity index (χ1v) is 10.3. The quantitative estimate of drug-likeness (QED) is 0.779. The highest BCUT2D eigenvalue weighted by atomic mass is 32.2. The zero-order valence-electron chi connectivity index (χ0n) is 15.1. The highest BCUT2D eigenvalue weighted by Gasteiger charge is 2.35. The van der Waals surface area contributed by atoms with E-state index in [-0.39, 0.29) is 24.4 Å². The first kappa shape index (κ1) is 18.1. The van der Waals surface area contributed by atoms with Crippen LogP contribution in [0.3, 0.4) is 0 Å². The molecule has 0 aromatic carbocycles. The van der Waals surface area contributed by atoms with E-state index in [1.807, 2.05) is 9.47 Å². The van der Waals surface area contributed by atoms with E-state index in [4.69, 9.17) is 0 Å². The zero-order valence-corrected chi connectivity index (χ0v) is 15.9. The Morgan fingerprint density at radius 2 is 1.96 bits per heavy atom. The number of carbonyl (C=O) groups excluding carboxylic acids is 1. The molecule has 0 bridgehead atoms. The fourth-order valence-electron chi connectivity index (χ4n) is 3.51. The number of carbonyl (C=O) groups is 1. The highest BCUT2D eigenvalue weighted by Crippen LogP contribution is 2.32. The monoisotopic (exact) mass is 370 g/mol. The molecule has 0 aliphatic carbocycles.